The lowest BCUT2D eigenvalue weighted by Gasteiger charge is -2.16. The van der Waals surface area contributed by atoms with Crippen molar-refractivity contribution in [3.8, 4) is 0 Å². The van der Waals surface area contributed by atoms with Crippen LogP contribution in [0.2, 0.25) is 0 Å². The van der Waals surface area contributed by atoms with Crippen LogP contribution in [0.25, 0.3) is 4.96 Å². The number of fused-ring (bicyclic) bond motifs is 1. The van der Waals surface area contributed by atoms with E-state index in [9.17, 15) is 14.4 Å². The molecule has 11 heteroatoms. The van der Waals surface area contributed by atoms with E-state index in [2.05, 4.69) is 25.5 Å². The molecule has 2 aromatic heterocycles. The summed E-state index contributed by atoms with van der Waals surface area (Å²) in [5.74, 6) is -0.721. The molecule has 1 atom stereocenters. The maximum absolute atomic E-state index is 12.4. The Balaban J connectivity index is 1.10. The van der Waals surface area contributed by atoms with Crippen LogP contribution in [0.4, 0.5) is 5.69 Å². The minimum atomic E-state index is -0.483. The van der Waals surface area contributed by atoms with Crippen LogP contribution in [0.1, 0.15) is 35.3 Å². The second kappa shape index (κ2) is 9.36. The van der Waals surface area contributed by atoms with Gasteiger partial charge in [0.05, 0.1) is 12.2 Å². The molecular weight excluding hydrogens is 460 g/mol. The first-order chi connectivity index (χ1) is 16.0. The molecule has 4 heterocycles. The predicted molar refractivity (Wildman–Crippen MR) is 129 cm³/mol. The van der Waals surface area contributed by atoms with E-state index < -0.39 is 5.25 Å². The quantitative estimate of drug-likeness (QED) is 0.559. The van der Waals surface area contributed by atoms with E-state index in [1.165, 1.54) is 23.1 Å². The summed E-state index contributed by atoms with van der Waals surface area (Å²) in [6, 6.07) is 6.66. The molecule has 0 bridgehead atoms. The normalized spacial score (nSPS) is 18.1. The van der Waals surface area contributed by atoms with Crippen molar-refractivity contribution >= 4 is 56.6 Å². The third-order valence-corrected chi connectivity index (χ3v) is 7.46. The highest BCUT2D eigenvalue weighted by molar-refractivity contribution is 8.15. The molecule has 2 N–H and O–H groups in total. The van der Waals surface area contributed by atoms with Gasteiger partial charge in [0.15, 0.2) is 10.1 Å². The van der Waals surface area contributed by atoms with Crippen molar-refractivity contribution in [1.29, 1.82) is 0 Å². The molecule has 0 saturated carbocycles. The zero-order valence-corrected chi connectivity index (χ0v) is 19.3. The number of carbonyl (C=O) groups excluding carboxylic acids is 3. The topological polar surface area (TPSA) is 108 Å². The number of aromatic nitrogens is 2. The van der Waals surface area contributed by atoms with Gasteiger partial charge in [0, 0.05) is 48.5 Å². The van der Waals surface area contributed by atoms with Crippen molar-refractivity contribution in [3.63, 3.8) is 0 Å². The van der Waals surface area contributed by atoms with Gasteiger partial charge in [-0.05, 0) is 37.1 Å². The largest absolute Gasteiger partial charge is 0.351 e. The van der Waals surface area contributed by atoms with E-state index in [1.807, 2.05) is 22.2 Å². The number of nitrogens with one attached hydrogen (secondary N) is 2. The fourth-order valence-electron chi connectivity index (χ4n) is 3.77. The van der Waals surface area contributed by atoms with Gasteiger partial charge in [-0.2, -0.15) is 4.99 Å². The summed E-state index contributed by atoms with van der Waals surface area (Å²) in [6.45, 7) is 2.16. The van der Waals surface area contributed by atoms with Crippen LogP contribution in [-0.4, -0.2) is 55.5 Å². The Hall–Kier alpha value is -3.18. The predicted octanol–water partition coefficient (Wildman–Crippen LogP) is 2.75. The second-order valence-corrected chi connectivity index (χ2v) is 9.91. The summed E-state index contributed by atoms with van der Waals surface area (Å²) in [5, 5.41) is 7.86. The number of hydrogen-bond acceptors (Lipinski definition) is 7. The van der Waals surface area contributed by atoms with Crippen molar-refractivity contribution in [3.05, 3.63) is 53.3 Å². The number of imidazole rings is 1. The third-order valence-electron chi connectivity index (χ3n) is 5.48. The molecule has 33 heavy (non-hydrogen) atoms. The molecule has 0 spiro atoms. The number of thioether (sulfide) groups is 1. The summed E-state index contributed by atoms with van der Waals surface area (Å²) >= 11 is 2.91. The van der Waals surface area contributed by atoms with Crippen molar-refractivity contribution in [1.82, 2.24) is 19.6 Å². The summed E-state index contributed by atoms with van der Waals surface area (Å²) < 4.78 is 1.92. The van der Waals surface area contributed by atoms with Gasteiger partial charge in [0.1, 0.15) is 5.25 Å². The number of rotatable bonds is 6. The van der Waals surface area contributed by atoms with Crippen LogP contribution in [0.5, 0.6) is 0 Å². The number of nitrogens with zero attached hydrogens (tertiary/aromatic N) is 4. The Bertz CT molecular complexity index is 1200. The SMILES string of the molecule is O=C(CC1SC(N2CCCC2)=NC1=O)Nc1ccc(C(=O)NCc2cn3ccsc3n2)cc1. The Labute approximate surface area is 198 Å². The summed E-state index contributed by atoms with van der Waals surface area (Å²) in [7, 11) is 0. The van der Waals surface area contributed by atoms with E-state index in [1.54, 1.807) is 24.3 Å². The molecule has 1 saturated heterocycles. The summed E-state index contributed by atoms with van der Waals surface area (Å²) in [5.41, 5.74) is 1.84. The number of benzene rings is 1. The lowest BCUT2D eigenvalue weighted by molar-refractivity contribution is -0.121. The lowest BCUT2D eigenvalue weighted by atomic mass is 10.2. The third kappa shape index (κ3) is 4.93. The number of anilines is 1. The van der Waals surface area contributed by atoms with Crippen LogP contribution in [0.15, 0.2) is 47.0 Å². The molecule has 2 aliphatic rings. The number of amidine groups is 1. The monoisotopic (exact) mass is 482 g/mol. The molecule has 170 valence electrons. The number of amides is 3. The Morgan fingerprint density at radius 3 is 2.70 bits per heavy atom. The average Bonchev–Trinajstić information content (AvgIpc) is 3.58. The highest BCUT2D eigenvalue weighted by Crippen LogP contribution is 2.29. The summed E-state index contributed by atoms with van der Waals surface area (Å²) in [4.78, 5) is 48.6. The van der Waals surface area contributed by atoms with E-state index in [0.29, 0.717) is 17.8 Å². The fraction of sp³-hybridized carbons (Fsp3) is 0.318. The number of likely N-dealkylation sites (tertiary alicyclic amines) is 1. The van der Waals surface area contributed by atoms with Crippen LogP contribution in [0.3, 0.4) is 0 Å². The highest BCUT2D eigenvalue weighted by Gasteiger charge is 2.33. The van der Waals surface area contributed by atoms with E-state index >= 15 is 0 Å². The first kappa shape index (κ1) is 21.7. The molecule has 3 amide bonds. The average molecular weight is 483 g/mol. The standard InChI is InChI=1S/C22H22N6O3S2/c29-18(11-17-20(31)26-22(33-17)27-7-1-2-8-27)24-15-5-3-14(4-6-15)19(30)23-12-16-13-28-9-10-32-21(28)25-16/h3-6,9-10,13,17H,1-2,7-8,11-12H2,(H,23,30)(H,24,29). The van der Waals surface area contributed by atoms with Gasteiger partial charge < -0.3 is 15.5 Å². The maximum Gasteiger partial charge on any atom is 0.262 e. The van der Waals surface area contributed by atoms with Crippen LogP contribution < -0.4 is 10.6 Å². The van der Waals surface area contributed by atoms with Gasteiger partial charge >= 0.3 is 0 Å². The Morgan fingerprint density at radius 2 is 1.94 bits per heavy atom. The molecule has 0 radical (unpaired) electrons. The molecule has 1 unspecified atom stereocenters. The van der Waals surface area contributed by atoms with Gasteiger partial charge in [0.2, 0.25) is 5.91 Å². The molecule has 3 aromatic rings. The first-order valence-corrected chi connectivity index (χ1v) is 12.4. The molecular formula is C22H22N6O3S2. The van der Waals surface area contributed by atoms with E-state index in [0.717, 1.165) is 41.8 Å². The minimum absolute atomic E-state index is 0.0642. The zero-order chi connectivity index (χ0) is 22.8. The van der Waals surface area contributed by atoms with Crippen LogP contribution in [0, 0.1) is 0 Å². The Kier molecular flexibility index (Phi) is 6.14. The van der Waals surface area contributed by atoms with Crippen molar-refractivity contribution in [2.24, 2.45) is 4.99 Å². The smallest absolute Gasteiger partial charge is 0.262 e. The molecule has 1 fully saturated rings. The maximum atomic E-state index is 12.4. The van der Waals surface area contributed by atoms with Crippen molar-refractivity contribution < 1.29 is 14.4 Å². The number of thiazole rings is 1. The number of aliphatic imine (C=N–C) groups is 1. The van der Waals surface area contributed by atoms with Crippen LogP contribution >= 0.6 is 23.1 Å². The second-order valence-electron chi connectivity index (χ2n) is 7.87. The Morgan fingerprint density at radius 1 is 1.15 bits per heavy atom. The molecule has 0 aliphatic carbocycles. The first-order valence-electron chi connectivity index (χ1n) is 10.7. The van der Waals surface area contributed by atoms with Gasteiger partial charge in [-0.3, -0.25) is 18.8 Å². The molecule has 5 rings (SSSR count). The zero-order valence-electron chi connectivity index (χ0n) is 17.7. The van der Waals surface area contributed by atoms with E-state index in [-0.39, 0.29) is 24.1 Å². The minimum Gasteiger partial charge on any atom is -0.351 e. The van der Waals surface area contributed by atoms with Gasteiger partial charge in [-0.1, -0.05) is 11.8 Å². The summed E-state index contributed by atoms with van der Waals surface area (Å²) in [6.07, 6.45) is 6.09. The number of hydrogen-bond donors (Lipinski definition) is 2. The lowest BCUT2D eigenvalue weighted by Crippen LogP contribution is -2.25. The van der Waals surface area contributed by atoms with Gasteiger partial charge in [-0.25, -0.2) is 4.98 Å². The molecule has 2 aliphatic heterocycles. The van der Waals surface area contributed by atoms with E-state index in [4.69, 9.17) is 0 Å². The number of carbonyl (C=O) groups is 3. The van der Waals surface area contributed by atoms with Crippen LogP contribution in [-0.2, 0) is 16.1 Å². The fourth-order valence-corrected chi connectivity index (χ4v) is 5.61. The van der Waals surface area contributed by atoms with Crippen molar-refractivity contribution in [2.75, 3.05) is 18.4 Å². The molecule has 9 nitrogen and oxygen atoms in total. The molecule has 1 aromatic carbocycles. The van der Waals surface area contributed by atoms with Gasteiger partial charge in [0.25, 0.3) is 11.8 Å². The van der Waals surface area contributed by atoms with Gasteiger partial charge in [-0.15, -0.1) is 11.3 Å². The highest BCUT2D eigenvalue weighted by atomic mass is 32.2. The van der Waals surface area contributed by atoms with Crippen molar-refractivity contribution in [2.45, 2.75) is 31.1 Å².